The summed E-state index contributed by atoms with van der Waals surface area (Å²) >= 11 is 0. The van der Waals surface area contributed by atoms with E-state index in [1.807, 2.05) is 0 Å². The fraction of sp³-hybridized carbons (Fsp3) is 0.818. The molecule has 2 amide bonds. The number of carbonyl (C=O) groups is 2. The van der Waals surface area contributed by atoms with Gasteiger partial charge in [0.2, 0.25) is 0 Å². The summed E-state index contributed by atoms with van der Waals surface area (Å²) in [7, 11) is 1.53. The summed E-state index contributed by atoms with van der Waals surface area (Å²) in [6, 6.07) is -0.200. The van der Waals surface area contributed by atoms with E-state index < -0.39 is 5.97 Å². The van der Waals surface area contributed by atoms with E-state index >= 15 is 0 Å². The summed E-state index contributed by atoms with van der Waals surface area (Å²) in [6.45, 7) is 3.90. The van der Waals surface area contributed by atoms with Gasteiger partial charge in [-0.05, 0) is 12.3 Å². The van der Waals surface area contributed by atoms with Crippen LogP contribution < -0.4 is 0 Å². The van der Waals surface area contributed by atoms with E-state index in [1.54, 1.807) is 4.90 Å². The topological polar surface area (TPSA) is 70.1 Å². The van der Waals surface area contributed by atoms with Crippen LogP contribution in [0.3, 0.4) is 0 Å². The van der Waals surface area contributed by atoms with Crippen LogP contribution in [0.2, 0.25) is 0 Å². The monoisotopic (exact) mass is 244 g/mol. The molecule has 1 fully saturated rings. The Morgan fingerprint density at radius 3 is 2.71 bits per heavy atom. The Labute approximate surface area is 101 Å². The molecule has 0 radical (unpaired) electrons. The number of nitrogens with zero attached hydrogens (tertiary/aromatic N) is 2. The first-order chi connectivity index (χ1) is 8.04. The summed E-state index contributed by atoms with van der Waals surface area (Å²) < 4.78 is 4.88. The Balaban J connectivity index is 2.55. The molecule has 1 N–H and O–H groups in total. The number of carboxylic acid groups (broad SMARTS) is 1. The van der Waals surface area contributed by atoms with Crippen LogP contribution in [0.1, 0.15) is 13.3 Å². The maximum Gasteiger partial charge on any atom is 0.323 e. The summed E-state index contributed by atoms with van der Waals surface area (Å²) in [5.74, 6) is -0.505. The number of hydrogen-bond acceptors (Lipinski definition) is 3. The fourth-order valence-electron chi connectivity index (χ4n) is 1.92. The van der Waals surface area contributed by atoms with Gasteiger partial charge in [0, 0.05) is 26.7 Å². The second kappa shape index (κ2) is 6.44. The van der Waals surface area contributed by atoms with E-state index in [9.17, 15) is 9.59 Å². The molecule has 98 valence electrons. The fourth-order valence-corrected chi connectivity index (χ4v) is 1.92. The van der Waals surface area contributed by atoms with Gasteiger partial charge >= 0.3 is 12.0 Å². The number of methoxy groups -OCH3 is 1. The number of rotatable bonds is 5. The minimum Gasteiger partial charge on any atom is -0.480 e. The highest BCUT2D eigenvalue weighted by atomic mass is 16.5. The van der Waals surface area contributed by atoms with Crippen LogP contribution >= 0.6 is 0 Å². The van der Waals surface area contributed by atoms with Crippen molar-refractivity contribution in [3.8, 4) is 0 Å². The quantitative estimate of drug-likeness (QED) is 0.763. The van der Waals surface area contributed by atoms with Gasteiger partial charge in [-0.25, -0.2) is 4.79 Å². The zero-order chi connectivity index (χ0) is 12.8. The molecule has 0 saturated carbocycles. The Morgan fingerprint density at radius 1 is 1.53 bits per heavy atom. The predicted molar refractivity (Wildman–Crippen MR) is 61.8 cm³/mol. The van der Waals surface area contributed by atoms with Gasteiger partial charge in [0.15, 0.2) is 0 Å². The summed E-state index contributed by atoms with van der Waals surface area (Å²) in [6.07, 6.45) is 0.983. The highest BCUT2D eigenvalue weighted by molar-refractivity contribution is 5.80. The summed E-state index contributed by atoms with van der Waals surface area (Å²) in [5, 5.41) is 8.77. The number of carbonyl (C=O) groups excluding carboxylic acids is 1. The minimum atomic E-state index is -0.998. The van der Waals surface area contributed by atoms with E-state index in [0.717, 1.165) is 6.42 Å². The molecule has 0 bridgehead atoms. The summed E-state index contributed by atoms with van der Waals surface area (Å²) in [5.41, 5.74) is 0. The van der Waals surface area contributed by atoms with Crippen molar-refractivity contribution in [3.63, 3.8) is 0 Å². The molecule has 17 heavy (non-hydrogen) atoms. The van der Waals surface area contributed by atoms with Crippen molar-refractivity contribution in [2.75, 3.05) is 39.9 Å². The smallest absolute Gasteiger partial charge is 0.323 e. The van der Waals surface area contributed by atoms with Gasteiger partial charge in [-0.3, -0.25) is 4.79 Å². The molecular weight excluding hydrogens is 224 g/mol. The molecule has 0 aliphatic carbocycles. The van der Waals surface area contributed by atoms with E-state index in [2.05, 4.69) is 6.92 Å². The van der Waals surface area contributed by atoms with Crippen LogP contribution in [0.25, 0.3) is 0 Å². The van der Waals surface area contributed by atoms with Crippen molar-refractivity contribution in [2.45, 2.75) is 13.3 Å². The second-order valence-electron chi connectivity index (χ2n) is 4.43. The zero-order valence-electron chi connectivity index (χ0n) is 10.4. The van der Waals surface area contributed by atoms with Crippen LogP contribution in [-0.2, 0) is 9.53 Å². The Kier molecular flexibility index (Phi) is 5.21. The van der Waals surface area contributed by atoms with Crippen LogP contribution in [0.5, 0.6) is 0 Å². The molecule has 1 heterocycles. The average molecular weight is 244 g/mol. The number of likely N-dealkylation sites (tertiary alicyclic amines) is 1. The lowest BCUT2D eigenvalue weighted by Gasteiger charge is -2.26. The first-order valence-corrected chi connectivity index (χ1v) is 5.79. The Hall–Kier alpha value is -1.30. The number of amides is 2. The molecule has 1 aliphatic heterocycles. The van der Waals surface area contributed by atoms with Crippen LogP contribution in [0.15, 0.2) is 0 Å². The van der Waals surface area contributed by atoms with Gasteiger partial charge in [0.05, 0.1) is 6.61 Å². The van der Waals surface area contributed by atoms with Gasteiger partial charge in [-0.1, -0.05) is 6.92 Å². The first-order valence-electron chi connectivity index (χ1n) is 5.79. The molecule has 6 heteroatoms. The second-order valence-corrected chi connectivity index (χ2v) is 4.43. The first kappa shape index (κ1) is 13.8. The molecule has 1 atom stereocenters. The molecule has 0 aromatic rings. The Bertz CT molecular complexity index is 283. The van der Waals surface area contributed by atoms with Crippen molar-refractivity contribution < 1.29 is 19.4 Å². The molecule has 1 saturated heterocycles. The van der Waals surface area contributed by atoms with E-state index in [1.165, 1.54) is 12.0 Å². The van der Waals surface area contributed by atoms with Crippen molar-refractivity contribution in [1.82, 2.24) is 9.80 Å². The Morgan fingerprint density at radius 2 is 2.24 bits per heavy atom. The molecule has 6 nitrogen and oxygen atoms in total. The lowest BCUT2D eigenvalue weighted by Crippen LogP contribution is -2.45. The van der Waals surface area contributed by atoms with E-state index in [4.69, 9.17) is 9.84 Å². The third-order valence-corrected chi connectivity index (χ3v) is 2.86. The highest BCUT2D eigenvalue weighted by Crippen LogP contribution is 2.16. The molecular formula is C11H20N2O4. The van der Waals surface area contributed by atoms with Crippen molar-refractivity contribution >= 4 is 12.0 Å². The van der Waals surface area contributed by atoms with Gasteiger partial charge in [0.25, 0.3) is 0 Å². The zero-order valence-corrected chi connectivity index (χ0v) is 10.4. The highest BCUT2D eigenvalue weighted by Gasteiger charge is 2.27. The largest absolute Gasteiger partial charge is 0.480 e. The van der Waals surface area contributed by atoms with Crippen LogP contribution in [0.4, 0.5) is 4.79 Å². The number of hydrogen-bond donors (Lipinski definition) is 1. The average Bonchev–Trinajstić information content (AvgIpc) is 2.69. The van der Waals surface area contributed by atoms with E-state index in [0.29, 0.717) is 32.2 Å². The minimum absolute atomic E-state index is 0.200. The number of carboxylic acids is 1. The van der Waals surface area contributed by atoms with Crippen molar-refractivity contribution in [3.05, 3.63) is 0 Å². The van der Waals surface area contributed by atoms with Crippen LogP contribution in [0, 0.1) is 5.92 Å². The standard InChI is InChI=1S/C11H20N2O4/c1-9-3-4-12(7-9)11(16)13(5-6-17-2)8-10(14)15/h9H,3-8H2,1-2H3,(H,14,15). The van der Waals surface area contributed by atoms with Gasteiger partial charge < -0.3 is 19.6 Å². The third kappa shape index (κ3) is 4.22. The third-order valence-electron chi connectivity index (χ3n) is 2.86. The number of aliphatic carboxylic acids is 1. The SMILES string of the molecule is COCCN(CC(=O)O)C(=O)N1CCC(C)C1. The number of urea groups is 1. The summed E-state index contributed by atoms with van der Waals surface area (Å²) in [4.78, 5) is 25.8. The van der Waals surface area contributed by atoms with Gasteiger partial charge in [0.1, 0.15) is 6.54 Å². The van der Waals surface area contributed by atoms with Crippen LogP contribution in [-0.4, -0.2) is 66.8 Å². The molecule has 0 aromatic carbocycles. The maximum atomic E-state index is 12.1. The van der Waals surface area contributed by atoms with Gasteiger partial charge in [-0.15, -0.1) is 0 Å². The van der Waals surface area contributed by atoms with Crippen molar-refractivity contribution in [2.24, 2.45) is 5.92 Å². The lowest BCUT2D eigenvalue weighted by atomic mass is 10.2. The normalized spacial score (nSPS) is 19.4. The maximum absolute atomic E-state index is 12.1. The predicted octanol–water partition coefficient (Wildman–Crippen LogP) is 0.481. The van der Waals surface area contributed by atoms with E-state index in [-0.39, 0.29) is 12.6 Å². The lowest BCUT2D eigenvalue weighted by molar-refractivity contribution is -0.137. The number of ether oxygens (including phenoxy) is 1. The molecule has 1 rings (SSSR count). The molecule has 0 spiro atoms. The molecule has 1 unspecified atom stereocenters. The van der Waals surface area contributed by atoms with Gasteiger partial charge in [-0.2, -0.15) is 0 Å². The molecule has 1 aliphatic rings. The van der Waals surface area contributed by atoms with Crippen molar-refractivity contribution in [1.29, 1.82) is 0 Å². The molecule has 0 aromatic heterocycles.